The number of hydrogen-bond acceptors (Lipinski definition) is 2. The fourth-order valence-corrected chi connectivity index (χ4v) is 1.88. The molecule has 136 valence electrons. The van der Waals surface area contributed by atoms with Crippen LogP contribution in [0.25, 0.3) is 0 Å². The Morgan fingerprint density at radius 2 is 1.26 bits per heavy atom. The minimum absolute atomic E-state index is 0.341. The van der Waals surface area contributed by atoms with Crippen LogP contribution in [0.15, 0.2) is 0 Å². The molecule has 1 rings (SSSR count). The van der Waals surface area contributed by atoms with Gasteiger partial charge in [-0.25, -0.2) is 0 Å². The molecule has 0 N–H and O–H groups in total. The Hall–Kier alpha value is -0.780. The van der Waals surface area contributed by atoms with E-state index in [0.717, 1.165) is 0 Å². The van der Waals surface area contributed by atoms with Gasteiger partial charge in [-0.2, -0.15) is 43.9 Å². The Balaban J connectivity index is 2.96. The third-order valence-electron chi connectivity index (χ3n) is 3.06. The van der Waals surface area contributed by atoms with Gasteiger partial charge in [0, 0.05) is 0 Å². The summed E-state index contributed by atoms with van der Waals surface area (Å²) in [7, 11) is 0. The topological polar surface area (TPSA) is 18.5 Å². The Labute approximate surface area is 123 Å². The molecule has 1 aliphatic carbocycles. The normalized spacial score (nSPS) is 27.5. The van der Waals surface area contributed by atoms with Crippen molar-refractivity contribution >= 4 is 0 Å². The molecule has 2 nitrogen and oxygen atoms in total. The van der Waals surface area contributed by atoms with Crippen molar-refractivity contribution in [2.45, 2.75) is 49.6 Å². The Bertz CT molecular complexity index is 403. The van der Waals surface area contributed by atoms with E-state index in [4.69, 9.17) is 0 Å². The lowest BCUT2D eigenvalue weighted by atomic mass is 10.0. The first-order chi connectivity index (χ1) is 10.1. The Morgan fingerprint density at radius 3 is 1.65 bits per heavy atom. The zero-order chi connectivity index (χ0) is 18.3. The monoisotopic (exact) mass is 364 g/mol. The summed E-state index contributed by atoms with van der Waals surface area (Å²) < 4.78 is 131. The molecule has 12 heteroatoms. The minimum Gasteiger partial charge on any atom is -0.307 e. The second kappa shape index (κ2) is 6.26. The highest BCUT2D eigenvalue weighted by molar-refractivity contribution is 5.00. The number of hydrogen-bond donors (Lipinski definition) is 0. The molecule has 3 unspecified atom stereocenters. The Morgan fingerprint density at radius 1 is 0.826 bits per heavy atom. The summed E-state index contributed by atoms with van der Waals surface area (Å²) in [4.78, 5) is 0. The maximum atomic E-state index is 12.9. The smallest absolute Gasteiger partial charge is 0.307 e. The van der Waals surface area contributed by atoms with Crippen molar-refractivity contribution in [3.05, 3.63) is 13.3 Å². The van der Waals surface area contributed by atoms with Crippen molar-refractivity contribution < 1.29 is 53.4 Å². The highest BCUT2D eigenvalue weighted by Gasteiger charge is 2.65. The van der Waals surface area contributed by atoms with Crippen molar-refractivity contribution in [1.29, 1.82) is 0 Å². The minimum atomic E-state index is -6.17. The average Bonchev–Trinajstić information content (AvgIpc) is 2.67. The van der Waals surface area contributed by atoms with Crippen LogP contribution in [0.4, 0.5) is 43.9 Å². The quantitative estimate of drug-likeness (QED) is 0.668. The van der Waals surface area contributed by atoms with Crippen molar-refractivity contribution in [2.75, 3.05) is 0 Å². The van der Waals surface area contributed by atoms with Crippen molar-refractivity contribution in [2.24, 2.45) is 5.92 Å². The van der Waals surface area contributed by atoms with E-state index in [2.05, 4.69) is 16.4 Å². The number of halogens is 10. The third-order valence-corrected chi connectivity index (χ3v) is 3.06. The lowest BCUT2D eigenvalue weighted by molar-refractivity contribution is -0.429. The number of alkyl halides is 10. The predicted octanol–water partition coefficient (Wildman–Crippen LogP) is 4.52. The first-order valence-electron chi connectivity index (χ1n) is 5.99. The molecule has 1 saturated carbocycles. The van der Waals surface area contributed by atoms with E-state index in [9.17, 15) is 43.9 Å². The van der Waals surface area contributed by atoms with Gasteiger partial charge in [0.25, 0.3) is 0 Å². The van der Waals surface area contributed by atoms with Crippen LogP contribution < -0.4 is 0 Å². The summed E-state index contributed by atoms with van der Waals surface area (Å²) in [6.07, 6.45) is -28.7. The molecule has 0 saturated heterocycles. The van der Waals surface area contributed by atoms with Gasteiger partial charge in [-0.15, -0.1) is 0 Å². The van der Waals surface area contributed by atoms with Crippen LogP contribution in [0.5, 0.6) is 0 Å². The molecular weight excluding hydrogens is 354 g/mol. The molecule has 2 radical (unpaired) electrons. The summed E-state index contributed by atoms with van der Waals surface area (Å²) in [6, 6.07) is 0. The second-order valence-electron chi connectivity index (χ2n) is 4.71. The predicted molar refractivity (Wildman–Crippen MR) is 54.1 cm³/mol. The van der Waals surface area contributed by atoms with Crippen molar-refractivity contribution in [3.8, 4) is 0 Å². The summed E-state index contributed by atoms with van der Waals surface area (Å²) in [6.45, 7) is 3.20. The Kier molecular flexibility index (Phi) is 5.52. The molecule has 0 aromatic carbocycles. The number of ether oxygens (including phenoxy) is 2. The summed E-state index contributed by atoms with van der Waals surface area (Å²) in [5.41, 5.74) is 0. The zero-order valence-corrected chi connectivity index (χ0v) is 11.0. The van der Waals surface area contributed by atoms with Crippen LogP contribution in [0.3, 0.4) is 0 Å². The maximum absolute atomic E-state index is 12.9. The molecule has 1 aliphatic rings. The second-order valence-corrected chi connectivity index (χ2v) is 4.71. The van der Waals surface area contributed by atoms with Crippen LogP contribution >= 0.6 is 0 Å². The van der Waals surface area contributed by atoms with E-state index < -0.39 is 42.7 Å². The first-order valence-corrected chi connectivity index (χ1v) is 5.99. The fourth-order valence-electron chi connectivity index (χ4n) is 1.88. The van der Waals surface area contributed by atoms with Gasteiger partial charge >= 0.3 is 24.6 Å². The maximum Gasteiger partial charge on any atom is 0.482 e. The van der Waals surface area contributed by atoms with Crippen LogP contribution in [0.1, 0.15) is 12.8 Å². The molecule has 23 heavy (non-hydrogen) atoms. The molecule has 0 heterocycles. The summed E-state index contributed by atoms with van der Waals surface area (Å²) >= 11 is 0. The van der Waals surface area contributed by atoms with E-state index in [1.807, 2.05) is 0 Å². The number of rotatable bonds is 5. The molecule has 0 amide bonds. The molecule has 3 atom stereocenters. The summed E-state index contributed by atoms with van der Waals surface area (Å²) in [5, 5.41) is 0. The van der Waals surface area contributed by atoms with E-state index in [1.165, 1.54) is 0 Å². The molecule has 0 bridgehead atoms. The van der Waals surface area contributed by atoms with Gasteiger partial charge in [0.1, 0.15) is 0 Å². The summed E-state index contributed by atoms with van der Waals surface area (Å²) in [5.74, 6) is -1.24. The van der Waals surface area contributed by atoms with Gasteiger partial charge in [-0.05, 0) is 25.2 Å². The van der Waals surface area contributed by atoms with Gasteiger partial charge in [0.15, 0.2) is 0 Å². The molecule has 0 aromatic rings. The molecular formula is C11H10F10O2. The van der Waals surface area contributed by atoms with Crippen LogP contribution in [-0.2, 0) is 9.47 Å². The van der Waals surface area contributed by atoms with Gasteiger partial charge in [0.05, 0.1) is 12.2 Å². The lowest BCUT2D eigenvalue weighted by Crippen LogP contribution is -2.49. The van der Waals surface area contributed by atoms with Gasteiger partial charge in [-0.1, -0.05) is 6.92 Å². The van der Waals surface area contributed by atoms with E-state index in [-0.39, 0.29) is 12.8 Å². The highest BCUT2D eigenvalue weighted by atomic mass is 19.4. The molecule has 0 aromatic heterocycles. The zero-order valence-electron chi connectivity index (χ0n) is 11.0. The highest BCUT2D eigenvalue weighted by Crippen LogP contribution is 2.45. The lowest BCUT2D eigenvalue weighted by Gasteiger charge is -2.31. The van der Waals surface area contributed by atoms with Crippen molar-refractivity contribution in [3.63, 3.8) is 0 Å². The first kappa shape index (κ1) is 20.3. The molecule has 1 fully saturated rings. The van der Waals surface area contributed by atoms with E-state index in [1.54, 1.807) is 0 Å². The van der Waals surface area contributed by atoms with Gasteiger partial charge in [-0.3, -0.25) is 0 Å². The standard InChI is InChI=1S/C11H10F10O2/c1-2-5-3-4-6(22-10(18,19)8(12,13)14)7(5)23-11(20,21)9(15,16)17/h4-7H,1-3H2. The van der Waals surface area contributed by atoms with Crippen LogP contribution in [0.2, 0.25) is 0 Å². The SMILES string of the molecule is [CH2]CC1C[CH]C(OC(F)(F)C(F)(F)F)C1OC(F)(F)C(F)(F)F. The van der Waals surface area contributed by atoms with Crippen LogP contribution in [-0.4, -0.2) is 36.8 Å². The fraction of sp³-hybridized carbons (Fsp3) is 0.818. The van der Waals surface area contributed by atoms with E-state index in [0.29, 0.717) is 6.42 Å². The van der Waals surface area contributed by atoms with Crippen LogP contribution in [0, 0.1) is 19.3 Å². The average molecular weight is 364 g/mol. The largest absolute Gasteiger partial charge is 0.482 e. The van der Waals surface area contributed by atoms with Gasteiger partial charge in [0.2, 0.25) is 0 Å². The van der Waals surface area contributed by atoms with E-state index >= 15 is 0 Å². The van der Waals surface area contributed by atoms with Crippen molar-refractivity contribution in [1.82, 2.24) is 0 Å². The molecule has 0 aliphatic heterocycles. The molecule has 0 spiro atoms. The third kappa shape index (κ3) is 4.40. The van der Waals surface area contributed by atoms with Gasteiger partial charge < -0.3 is 9.47 Å².